The van der Waals surface area contributed by atoms with Gasteiger partial charge in [-0.3, -0.25) is 0 Å². The number of furan rings is 1. The number of halogens is 1. The maximum Gasteiger partial charge on any atom is 0.105 e. The largest absolute Gasteiger partial charge is 0.469 e. The molecule has 3 heteroatoms. The lowest BCUT2D eigenvalue weighted by Gasteiger charge is -2.17. The minimum atomic E-state index is 0.346. The highest BCUT2D eigenvalue weighted by atomic mass is 35.5. The number of hydrogen-bond donors (Lipinski definition) is 1. The van der Waals surface area contributed by atoms with Crippen LogP contribution in [0.15, 0.2) is 47.1 Å². The van der Waals surface area contributed by atoms with Crippen molar-refractivity contribution in [3.8, 4) is 0 Å². The van der Waals surface area contributed by atoms with Crippen LogP contribution in [0.2, 0.25) is 5.02 Å². The first-order valence-corrected chi connectivity index (χ1v) is 6.68. The molecule has 1 heterocycles. The second kappa shape index (κ2) is 6.62. The van der Waals surface area contributed by atoms with Crippen LogP contribution in [0, 0.1) is 0 Å². The number of rotatable bonds is 6. The van der Waals surface area contributed by atoms with Crippen molar-refractivity contribution in [2.75, 3.05) is 6.54 Å². The predicted octanol–water partition coefficient (Wildman–Crippen LogP) is 4.22. The highest BCUT2D eigenvalue weighted by Crippen LogP contribution is 2.20. The monoisotopic (exact) mass is 263 g/mol. The molecule has 2 aromatic rings. The van der Waals surface area contributed by atoms with E-state index in [4.69, 9.17) is 16.0 Å². The normalized spacial score (nSPS) is 12.6. The Bertz CT molecular complexity index is 467. The van der Waals surface area contributed by atoms with Crippen molar-refractivity contribution in [3.63, 3.8) is 0 Å². The Morgan fingerprint density at radius 2 is 2.17 bits per heavy atom. The van der Waals surface area contributed by atoms with Crippen molar-refractivity contribution in [2.24, 2.45) is 0 Å². The van der Waals surface area contributed by atoms with E-state index < -0.39 is 0 Å². The molecule has 1 aromatic carbocycles. The van der Waals surface area contributed by atoms with E-state index in [9.17, 15) is 0 Å². The second-order valence-electron chi connectivity index (χ2n) is 4.30. The van der Waals surface area contributed by atoms with E-state index in [2.05, 4.69) is 18.3 Å². The van der Waals surface area contributed by atoms with Gasteiger partial charge in [0, 0.05) is 24.0 Å². The summed E-state index contributed by atoms with van der Waals surface area (Å²) in [7, 11) is 0. The quantitative estimate of drug-likeness (QED) is 0.844. The minimum absolute atomic E-state index is 0.346. The molecule has 0 saturated heterocycles. The van der Waals surface area contributed by atoms with Gasteiger partial charge in [-0.1, -0.05) is 30.7 Å². The fraction of sp³-hybridized carbons (Fsp3) is 0.333. The van der Waals surface area contributed by atoms with E-state index in [1.807, 2.05) is 30.3 Å². The molecule has 96 valence electrons. The summed E-state index contributed by atoms with van der Waals surface area (Å²) in [6, 6.07) is 12.3. The maximum atomic E-state index is 6.02. The molecule has 0 aliphatic rings. The molecule has 0 aliphatic carbocycles. The molecule has 1 N–H and O–H groups in total. The lowest BCUT2D eigenvalue weighted by molar-refractivity contribution is 0.472. The molecular weight excluding hydrogens is 246 g/mol. The first-order valence-electron chi connectivity index (χ1n) is 6.31. The molecule has 2 nitrogen and oxygen atoms in total. The zero-order valence-corrected chi connectivity index (χ0v) is 11.3. The Kier molecular flexibility index (Phi) is 4.85. The molecule has 18 heavy (non-hydrogen) atoms. The second-order valence-corrected chi connectivity index (χ2v) is 4.74. The topological polar surface area (TPSA) is 25.2 Å². The average molecular weight is 264 g/mol. The van der Waals surface area contributed by atoms with Crippen molar-refractivity contribution in [1.82, 2.24) is 5.32 Å². The third-order valence-corrected chi connectivity index (χ3v) is 3.24. The first kappa shape index (κ1) is 13.2. The van der Waals surface area contributed by atoms with Gasteiger partial charge in [-0.05, 0) is 36.2 Å². The summed E-state index contributed by atoms with van der Waals surface area (Å²) in [5, 5.41) is 4.32. The van der Waals surface area contributed by atoms with E-state index in [0.29, 0.717) is 6.04 Å². The van der Waals surface area contributed by atoms with Gasteiger partial charge < -0.3 is 9.73 Å². The fourth-order valence-corrected chi connectivity index (χ4v) is 2.24. The smallest absolute Gasteiger partial charge is 0.105 e. The van der Waals surface area contributed by atoms with Gasteiger partial charge in [-0.25, -0.2) is 0 Å². The molecule has 1 aromatic heterocycles. The molecule has 1 unspecified atom stereocenters. The summed E-state index contributed by atoms with van der Waals surface area (Å²) in [6.07, 6.45) is 3.66. The van der Waals surface area contributed by atoms with Crippen molar-refractivity contribution < 1.29 is 4.42 Å². The van der Waals surface area contributed by atoms with Crippen LogP contribution in [0.25, 0.3) is 0 Å². The fourth-order valence-electron chi connectivity index (χ4n) is 2.05. The van der Waals surface area contributed by atoms with Gasteiger partial charge >= 0.3 is 0 Å². The Labute approximate surface area is 113 Å². The SMILES string of the molecule is CCC(NCCc1ccco1)c1cccc(Cl)c1. The van der Waals surface area contributed by atoms with Crippen LogP contribution < -0.4 is 5.32 Å². The van der Waals surface area contributed by atoms with Crippen molar-refractivity contribution in [1.29, 1.82) is 0 Å². The standard InChI is InChI=1S/C15H18ClNO/c1-2-15(12-5-3-6-13(16)11-12)17-9-8-14-7-4-10-18-14/h3-7,10-11,15,17H,2,8-9H2,1H3. The van der Waals surface area contributed by atoms with Gasteiger partial charge in [0.2, 0.25) is 0 Å². The van der Waals surface area contributed by atoms with Crippen LogP contribution in [-0.4, -0.2) is 6.54 Å². The van der Waals surface area contributed by atoms with Crippen molar-refractivity contribution >= 4 is 11.6 Å². The molecular formula is C15H18ClNO. The Balaban J connectivity index is 1.89. The summed E-state index contributed by atoms with van der Waals surface area (Å²) in [4.78, 5) is 0. The molecule has 2 rings (SSSR count). The van der Waals surface area contributed by atoms with Crippen LogP contribution in [0.4, 0.5) is 0 Å². The van der Waals surface area contributed by atoms with E-state index in [1.54, 1.807) is 6.26 Å². The predicted molar refractivity (Wildman–Crippen MR) is 74.9 cm³/mol. The summed E-state index contributed by atoms with van der Waals surface area (Å²) in [5.74, 6) is 1.02. The highest BCUT2D eigenvalue weighted by molar-refractivity contribution is 6.30. The Hall–Kier alpha value is -1.25. The van der Waals surface area contributed by atoms with Gasteiger partial charge in [0.15, 0.2) is 0 Å². The van der Waals surface area contributed by atoms with Crippen LogP contribution >= 0.6 is 11.6 Å². The minimum Gasteiger partial charge on any atom is -0.469 e. The third kappa shape index (κ3) is 3.62. The van der Waals surface area contributed by atoms with Gasteiger partial charge in [0.25, 0.3) is 0 Å². The van der Waals surface area contributed by atoms with Crippen LogP contribution in [-0.2, 0) is 6.42 Å². The van der Waals surface area contributed by atoms with E-state index in [0.717, 1.165) is 30.2 Å². The van der Waals surface area contributed by atoms with Crippen molar-refractivity contribution in [3.05, 3.63) is 59.0 Å². The zero-order valence-electron chi connectivity index (χ0n) is 10.5. The molecule has 0 bridgehead atoms. The van der Waals surface area contributed by atoms with Crippen LogP contribution in [0.1, 0.15) is 30.7 Å². The zero-order chi connectivity index (χ0) is 12.8. The molecule has 0 fully saturated rings. The number of nitrogens with one attached hydrogen (secondary N) is 1. The van der Waals surface area contributed by atoms with Crippen LogP contribution in [0.3, 0.4) is 0 Å². The Morgan fingerprint density at radius 3 is 2.83 bits per heavy atom. The summed E-state index contributed by atoms with van der Waals surface area (Å²) >= 11 is 6.02. The summed E-state index contributed by atoms with van der Waals surface area (Å²) in [5.41, 5.74) is 1.24. The van der Waals surface area contributed by atoms with Crippen molar-refractivity contribution in [2.45, 2.75) is 25.8 Å². The van der Waals surface area contributed by atoms with E-state index >= 15 is 0 Å². The summed E-state index contributed by atoms with van der Waals surface area (Å²) < 4.78 is 5.31. The summed E-state index contributed by atoms with van der Waals surface area (Å²) in [6.45, 7) is 3.07. The van der Waals surface area contributed by atoms with Gasteiger partial charge in [-0.15, -0.1) is 0 Å². The molecule has 0 amide bonds. The Morgan fingerprint density at radius 1 is 1.28 bits per heavy atom. The van der Waals surface area contributed by atoms with Crippen LogP contribution in [0.5, 0.6) is 0 Å². The maximum absolute atomic E-state index is 6.02. The number of hydrogen-bond acceptors (Lipinski definition) is 2. The van der Waals surface area contributed by atoms with Gasteiger partial charge in [0.1, 0.15) is 5.76 Å². The molecule has 0 radical (unpaired) electrons. The third-order valence-electron chi connectivity index (χ3n) is 3.00. The lowest BCUT2D eigenvalue weighted by Crippen LogP contribution is -2.23. The van der Waals surface area contributed by atoms with E-state index in [1.165, 1.54) is 5.56 Å². The number of benzene rings is 1. The molecule has 0 saturated carbocycles. The average Bonchev–Trinajstić information content (AvgIpc) is 2.88. The highest BCUT2D eigenvalue weighted by Gasteiger charge is 2.08. The lowest BCUT2D eigenvalue weighted by atomic mass is 10.0. The van der Waals surface area contributed by atoms with Gasteiger partial charge in [-0.2, -0.15) is 0 Å². The molecule has 1 atom stereocenters. The van der Waals surface area contributed by atoms with E-state index in [-0.39, 0.29) is 0 Å². The van der Waals surface area contributed by atoms with Gasteiger partial charge in [0.05, 0.1) is 6.26 Å². The first-order chi connectivity index (χ1) is 8.79. The molecule has 0 aliphatic heterocycles. The molecule has 0 spiro atoms.